The van der Waals surface area contributed by atoms with Gasteiger partial charge in [-0.2, -0.15) is 0 Å². The van der Waals surface area contributed by atoms with Gasteiger partial charge in [0.1, 0.15) is 12.0 Å². The van der Waals surface area contributed by atoms with E-state index < -0.39 is 0 Å². The number of aldehydes is 1. The number of hydrogen-bond donors (Lipinski definition) is 1. The van der Waals surface area contributed by atoms with Crippen LogP contribution in [0.2, 0.25) is 0 Å². The number of nitrogens with one attached hydrogen (secondary N) is 1. The Kier molecular flexibility index (Phi) is 5.38. The van der Waals surface area contributed by atoms with Gasteiger partial charge in [-0.3, -0.25) is 4.79 Å². The third kappa shape index (κ3) is 3.88. The second-order valence-corrected chi connectivity index (χ2v) is 4.84. The Labute approximate surface area is 119 Å². The lowest BCUT2D eigenvalue weighted by atomic mass is 10.0. The third-order valence-electron chi connectivity index (χ3n) is 3.01. The number of carbonyl (C=O) groups excluding carboxylic acids is 2. The molecule has 1 aromatic rings. The normalized spacial score (nSPS) is 11.1. The number of carbonyl (C=O) groups is 2. The summed E-state index contributed by atoms with van der Waals surface area (Å²) in [5.41, 5.74) is 4.85. The minimum absolute atomic E-state index is 0.0307. The van der Waals surface area contributed by atoms with Gasteiger partial charge in [-0.1, -0.05) is 12.6 Å². The highest BCUT2D eigenvalue weighted by Gasteiger charge is 2.13. The summed E-state index contributed by atoms with van der Waals surface area (Å²) < 4.78 is 0. The molecule has 0 aliphatic carbocycles. The summed E-state index contributed by atoms with van der Waals surface area (Å²) in [6, 6.07) is 3.98. The van der Waals surface area contributed by atoms with Crippen molar-refractivity contribution in [2.24, 2.45) is 4.99 Å². The minimum Gasteiger partial charge on any atom is -0.344 e. The van der Waals surface area contributed by atoms with Gasteiger partial charge in [-0.05, 0) is 56.0 Å². The Bertz CT molecular complexity index is 586. The van der Waals surface area contributed by atoms with Crippen molar-refractivity contribution in [1.82, 2.24) is 5.32 Å². The third-order valence-corrected chi connectivity index (χ3v) is 3.01. The lowest BCUT2D eigenvalue weighted by Gasteiger charge is -2.09. The average Bonchev–Trinajstić information content (AvgIpc) is 2.38. The molecular weight excluding hydrogens is 252 g/mol. The number of benzene rings is 1. The van der Waals surface area contributed by atoms with E-state index in [1.54, 1.807) is 6.92 Å². The number of hydrogen-bond acceptors (Lipinski definition) is 3. The highest BCUT2D eigenvalue weighted by molar-refractivity contribution is 6.45. The number of rotatable bonds is 5. The van der Waals surface area contributed by atoms with Crippen LogP contribution in [-0.2, 0) is 9.59 Å². The van der Waals surface area contributed by atoms with Crippen LogP contribution in [0.15, 0.2) is 29.3 Å². The molecule has 1 N–H and O–H groups in total. The zero-order chi connectivity index (χ0) is 15.3. The van der Waals surface area contributed by atoms with Gasteiger partial charge in [-0.25, -0.2) is 4.99 Å². The van der Waals surface area contributed by atoms with Crippen molar-refractivity contribution in [2.75, 3.05) is 6.54 Å². The van der Waals surface area contributed by atoms with E-state index in [9.17, 15) is 9.59 Å². The molecule has 4 heteroatoms. The van der Waals surface area contributed by atoms with E-state index in [0.717, 1.165) is 16.8 Å². The highest BCUT2D eigenvalue weighted by atomic mass is 16.2. The largest absolute Gasteiger partial charge is 0.344 e. The molecule has 1 aromatic carbocycles. The Balaban J connectivity index is 3.21. The van der Waals surface area contributed by atoms with Crippen LogP contribution in [-0.4, -0.2) is 24.4 Å². The number of aryl methyl sites for hydroxylation is 3. The zero-order valence-electron chi connectivity index (χ0n) is 12.4. The van der Waals surface area contributed by atoms with Gasteiger partial charge in [0.15, 0.2) is 0 Å². The molecule has 1 amide bonds. The maximum absolute atomic E-state index is 11.9. The second kappa shape index (κ2) is 6.80. The molecule has 0 aliphatic rings. The summed E-state index contributed by atoms with van der Waals surface area (Å²) in [6.45, 7) is 11.4. The average molecular weight is 272 g/mol. The molecule has 0 atom stereocenters. The first-order chi connectivity index (χ1) is 9.36. The molecule has 0 aliphatic heterocycles. The van der Waals surface area contributed by atoms with Crippen molar-refractivity contribution < 1.29 is 9.59 Å². The molecule has 0 radical (unpaired) electrons. The molecule has 0 spiro atoms. The molecule has 20 heavy (non-hydrogen) atoms. The summed E-state index contributed by atoms with van der Waals surface area (Å²) in [5, 5.41) is 2.48. The molecule has 0 aromatic heterocycles. The van der Waals surface area contributed by atoms with Gasteiger partial charge in [0.25, 0.3) is 5.91 Å². The van der Waals surface area contributed by atoms with Crippen LogP contribution in [0.5, 0.6) is 0 Å². The molecule has 0 fully saturated rings. The molecule has 106 valence electrons. The van der Waals surface area contributed by atoms with E-state index in [2.05, 4.69) is 16.9 Å². The summed E-state index contributed by atoms with van der Waals surface area (Å²) >= 11 is 0. The quantitative estimate of drug-likeness (QED) is 0.661. The Morgan fingerprint density at radius 2 is 1.85 bits per heavy atom. The van der Waals surface area contributed by atoms with Crippen molar-refractivity contribution in [3.8, 4) is 0 Å². The van der Waals surface area contributed by atoms with Crippen LogP contribution >= 0.6 is 0 Å². The van der Waals surface area contributed by atoms with Gasteiger partial charge >= 0.3 is 0 Å². The summed E-state index contributed by atoms with van der Waals surface area (Å²) in [5.74, 6) is -0.387. The monoisotopic (exact) mass is 272 g/mol. The fourth-order valence-electron chi connectivity index (χ4n) is 1.74. The highest BCUT2D eigenvalue weighted by Crippen LogP contribution is 2.23. The van der Waals surface area contributed by atoms with Gasteiger partial charge in [0, 0.05) is 0 Å². The van der Waals surface area contributed by atoms with E-state index in [1.807, 2.05) is 32.9 Å². The van der Waals surface area contributed by atoms with Gasteiger partial charge < -0.3 is 10.1 Å². The Hall–Kier alpha value is -2.23. The van der Waals surface area contributed by atoms with Crippen LogP contribution in [0.4, 0.5) is 5.69 Å². The predicted octanol–water partition coefficient (Wildman–Crippen LogP) is 2.58. The zero-order valence-corrected chi connectivity index (χ0v) is 12.4. The molecule has 1 rings (SSSR count). The van der Waals surface area contributed by atoms with Crippen molar-refractivity contribution >= 4 is 23.6 Å². The number of amides is 1. The Morgan fingerprint density at radius 1 is 1.25 bits per heavy atom. The fraction of sp³-hybridized carbons (Fsp3) is 0.312. The molecule has 0 heterocycles. The summed E-state index contributed by atoms with van der Waals surface area (Å²) in [7, 11) is 0. The number of aliphatic imine (C=N–C) groups is 1. The van der Waals surface area contributed by atoms with E-state index in [0.29, 0.717) is 11.9 Å². The van der Waals surface area contributed by atoms with Gasteiger partial charge in [0.05, 0.1) is 12.2 Å². The van der Waals surface area contributed by atoms with Crippen molar-refractivity contribution in [1.29, 1.82) is 0 Å². The molecule has 0 unspecified atom stereocenters. The topological polar surface area (TPSA) is 58.5 Å². The van der Waals surface area contributed by atoms with E-state index >= 15 is 0 Å². The van der Waals surface area contributed by atoms with Crippen molar-refractivity contribution in [3.05, 3.63) is 41.0 Å². The van der Waals surface area contributed by atoms with Crippen molar-refractivity contribution in [3.63, 3.8) is 0 Å². The maximum atomic E-state index is 11.9. The first kappa shape index (κ1) is 15.8. The molecule has 0 saturated heterocycles. The smallest absolute Gasteiger partial charge is 0.270 e. The first-order valence-electron chi connectivity index (χ1n) is 6.41. The van der Waals surface area contributed by atoms with Crippen LogP contribution in [0, 0.1) is 20.8 Å². The molecule has 4 nitrogen and oxygen atoms in total. The minimum atomic E-state index is -0.387. The van der Waals surface area contributed by atoms with Crippen LogP contribution < -0.4 is 5.32 Å². The lowest BCUT2D eigenvalue weighted by molar-refractivity contribution is -0.116. The Morgan fingerprint density at radius 3 is 2.40 bits per heavy atom. The second-order valence-electron chi connectivity index (χ2n) is 4.84. The number of nitrogens with zero attached hydrogens (tertiary/aromatic N) is 1. The van der Waals surface area contributed by atoms with Crippen LogP contribution in [0.1, 0.15) is 23.6 Å². The molecular formula is C16H20N2O2. The van der Waals surface area contributed by atoms with E-state index in [-0.39, 0.29) is 18.2 Å². The predicted molar refractivity (Wildman–Crippen MR) is 81.6 cm³/mol. The van der Waals surface area contributed by atoms with Gasteiger partial charge in [-0.15, -0.1) is 0 Å². The summed E-state index contributed by atoms with van der Waals surface area (Å²) in [6.07, 6.45) is 0.634. The SMILES string of the molecule is C=C(C)C(=Nc1cc(C)c(C)cc1C)C(=O)NCC=O. The van der Waals surface area contributed by atoms with E-state index in [1.165, 1.54) is 5.56 Å². The van der Waals surface area contributed by atoms with Crippen LogP contribution in [0.3, 0.4) is 0 Å². The van der Waals surface area contributed by atoms with E-state index in [4.69, 9.17) is 0 Å². The maximum Gasteiger partial charge on any atom is 0.270 e. The molecule has 0 bridgehead atoms. The fourth-order valence-corrected chi connectivity index (χ4v) is 1.74. The standard InChI is InChI=1S/C16H20N2O2/c1-10(2)15(16(20)17-6-7-19)18-14-9-12(4)11(3)8-13(14)5/h7-9H,1,6H2,2-5H3,(H,17,20). The molecule has 0 saturated carbocycles. The van der Waals surface area contributed by atoms with Crippen molar-refractivity contribution in [2.45, 2.75) is 27.7 Å². The summed E-state index contributed by atoms with van der Waals surface area (Å²) in [4.78, 5) is 26.7. The van der Waals surface area contributed by atoms with Crippen LogP contribution in [0.25, 0.3) is 0 Å². The van der Waals surface area contributed by atoms with Gasteiger partial charge in [0.2, 0.25) is 0 Å². The first-order valence-corrected chi connectivity index (χ1v) is 6.41. The lowest BCUT2D eigenvalue weighted by Crippen LogP contribution is -2.32.